The Kier molecular flexibility index (Phi) is 5.17. The summed E-state index contributed by atoms with van der Waals surface area (Å²) >= 11 is 0. The molecule has 0 unspecified atom stereocenters. The van der Waals surface area contributed by atoms with Gasteiger partial charge in [0.1, 0.15) is 0 Å². The third-order valence-electron chi connectivity index (χ3n) is 6.52. The zero-order chi connectivity index (χ0) is 20.9. The van der Waals surface area contributed by atoms with Crippen LogP contribution in [0.25, 0.3) is 0 Å². The van der Waals surface area contributed by atoms with E-state index in [0.717, 1.165) is 37.8 Å². The molecule has 0 aromatic heterocycles. The number of alkyl halides is 3. The highest BCUT2D eigenvalue weighted by atomic mass is 32.2. The van der Waals surface area contributed by atoms with E-state index in [-0.39, 0.29) is 30.3 Å². The van der Waals surface area contributed by atoms with E-state index in [9.17, 15) is 26.4 Å². The molecule has 0 bridgehead atoms. The normalized spacial score (nSPS) is 29.8. The molecule has 1 aliphatic heterocycles. The second-order valence-corrected chi connectivity index (χ2v) is 10.4. The van der Waals surface area contributed by atoms with Gasteiger partial charge in [0.25, 0.3) is 0 Å². The lowest BCUT2D eigenvalue weighted by Gasteiger charge is -2.51. The van der Waals surface area contributed by atoms with E-state index in [1.54, 1.807) is 4.31 Å². The molecule has 3 fully saturated rings. The Morgan fingerprint density at radius 2 is 1.79 bits per heavy atom. The first kappa shape index (κ1) is 20.7. The van der Waals surface area contributed by atoms with Crippen molar-refractivity contribution < 1.29 is 26.4 Å². The van der Waals surface area contributed by atoms with Gasteiger partial charge in [0.05, 0.1) is 16.7 Å². The average molecular weight is 430 g/mol. The first-order valence-electron chi connectivity index (χ1n) is 10.1. The molecule has 2 aliphatic carbocycles. The van der Waals surface area contributed by atoms with Crippen LogP contribution in [0.3, 0.4) is 0 Å². The van der Waals surface area contributed by atoms with Crippen LogP contribution < -0.4 is 5.32 Å². The molecule has 29 heavy (non-hydrogen) atoms. The lowest BCUT2D eigenvalue weighted by Crippen LogP contribution is -2.63. The molecule has 0 spiro atoms. The second-order valence-electron chi connectivity index (χ2n) is 8.42. The highest BCUT2D eigenvalue weighted by molar-refractivity contribution is 7.89. The third kappa shape index (κ3) is 3.91. The number of halogens is 3. The summed E-state index contributed by atoms with van der Waals surface area (Å²) in [5, 5.41) is 2.88. The van der Waals surface area contributed by atoms with E-state index in [2.05, 4.69) is 5.32 Å². The van der Waals surface area contributed by atoms with Crippen LogP contribution in [0.5, 0.6) is 0 Å². The standard InChI is InChI=1S/C20H25F3N2O3S/c21-20(22,23)15-6-4-14(5-7-15)13-24-18(26)19-10-2-1-3-17(19)25(16-8-9-16)29(27,28)12-11-19/h4-7,16-17H,1-3,8-13H2,(H,24,26)/t17-,19-/m1/s1. The molecule has 1 N–H and O–H groups in total. The SMILES string of the molecule is O=C(NCc1ccc(C(F)(F)F)cc1)[C@@]12CCCC[C@H]1N(C1CC1)S(=O)(=O)CC2. The molecule has 2 saturated carbocycles. The van der Waals surface area contributed by atoms with Crippen LogP contribution >= 0.6 is 0 Å². The molecular formula is C20H25F3N2O3S. The highest BCUT2D eigenvalue weighted by Gasteiger charge is 2.58. The molecule has 0 radical (unpaired) electrons. The van der Waals surface area contributed by atoms with Crippen LogP contribution in [0, 0.1) is 5.41 Å². The predicted molar refractivity (Wildman–Crippen MR) is 101 cm³/mol. The summed E-state index contributed by atoms with van der Waals surface area (Å²) in [5.74, 6) is -0.198. The van der Waals surface area contributed by atoms with E-state index in [0.29, 0.717) is 24.8 Å². The quantitative estimate of drug-likeness (QED) is 0.796. The zero-order valence-electron chi connectivity index (χ0n) is 16.0. The largest absolute Gasteiger partial charge is 0.416 e. The molecule has 1 saturated heterocycles. The number of hydrogen-bond donors (Lipinski definition) is 1. The fraction of sp³-hybridized carbons (Fsp3) is 0.650. The van der Waals surface area contributed by atoms with E-state index >= 15 is 0 Å². The third-order valence-corrected chi connectivity index (χ3v) is 8.43. The maximum absolute atomic E-state index is 13.2. The molecule has 1 aromatic carbocycles. The molecule has 9 heteroatoms. The molecule has 5 nitrogen and oxygen atoms in total. The van der Waals surface area contributed by atoms with Gasteiger partial charge in [0, 0.05) is 18.6 Å². The Bertz CT molecular complexity index is 881. The van der Waals surface area contributed by atoms with Gasteiger partial charge in [-0.1, -0.05) is 25.0 Å². The smallest absolute Gasteiger partial charge is 0.351 e. The minimum Gasteiger partial charge on any atom is -0.351 e. The number of amides is 1. The van der Waals surface area contributed by atoms with E-state index in [4.69, 9.17) is 0 Å². The number of carbonyl (C=O) groups excluding carboxylic acids is 1. The first-order valence-corrected chi connectivity index (χ1v) is 11.7. The number of nitrogens with one attached hydrogen (secondary N) is 1. The topological polar surface area (TPSA) is 66.5 Å². The minimum atomic E-state index is -4.39. The van der Waals surface area contributed by atoms with Gasteiger partial charge in [0.2, 0.25) is 15.9 Å². The van der Waals surface area contributed by atoms with Crippen molar-refractivity contribution in [2.24, 2.45) is 5.41 Å². The summed E-state index contributed by atoms with van der Waals surface area (Å²) in [5.41, 5.74) is -0.883. The number of fused-ring (bicyclic) bond motifs is 1. The summed E-state index contributed by atoms with van der Waals surface area (Å²) < 4.78 is 65.1. The van der Waals surface area contributed by atoms with Gasteiger partial charge in [-0.2, -0.15) is 17.5 Å². The van der Waals surface area contributed by atoms with E-state index in [1.807, 2.05) is 0 Å². The van der Waals surface area contributed by atoms with Crippen molar-refractivity contribution >= 4 is 15.9 Å². The fourth-order valence-electron chi connectivity index (χ4n) is 4.85. The molecule has 1 aromatic rings. The van der Waals surface area contributed by atoms with Gasteiger partial charge in [-0.25, -0.2) is 8.42 Å². The Labute approximate surface area is 168 Å². The maximum atomic E-state index is 13.2. The van der Waals surface area contributed by atoms with Crippen molar-refractivity contribution in [2.75, 3.05) is 5.75 Å². The molecule has 3 aliphatic rings. The van der Waals surface area contributed by atoms with Crippen LogP contribution in [-0.2, 0) is 27.5 Å². The van der Waals surface area contributed by atoms with Crippen LogP contribution in [0.4, 0.5) is 13.2 Å². The number of benzene rings is 1. The lowest BCUT2D eigenvalue weighted by atomic mass is 9.67. The van der Waals surface area contributed by atoms with Crippen molar-refractivity contribution in [3.8, 4) is 0 Å². The Balaban J connectivity index is 1.50. The summed E-state index contributed by atoms with van der Waals surface area (Å²) in [6.07, 6.45) is 0.717. The number of rotatable bonds is 4. The summed E-state index contributed by atoms with van der Waals surface area (Å²) in [4.78, 5) is 13.2. The zero-order valence-corrected chi connectivity index (χ0v) is 16.9. The maximum Gasteiger partial charge on any atom is 0.416 e. The Morgan fingerprint density at radius 1 is 1.10 bits per heavy atom. The Hall–Kier alpha value is -1.61. The monoisotopic (exact) mass is 430 g/mol. The highest BCUT2D eigenvalue weighted by Crippen LogP contribution is 2.50. The van der Waals surface area contributed by atoms with Crippen molar-refractivity contribution in [1.82, 2.24) is 9.62 Å². The summed E-state index contributed by atoms with van der Waals surface area (Å²) in [6.45, 7) is 0.127. The second kappa shape index (κ2) is 7.27. The number of carbonyl (C=O) groups is 1. The van der Waals surface area contributed by atoms with Crippen LogP contribution in [0.15, 0.2) is 24.3 Å². The van der Waals surface area contributed by atoms with E-state index in [1.165, 1.54) is 12.1 Å². The molecular weight excluding hydrogens is 405 g/mol. The van der Waals surface area contributed by atoms with Crippen molar-refractivity contribution in [2.45, 2.75) is 69.8 Å². The molecule has 160 valence electrons. The summed E-state index contributed by atoms with van der Waals surface area (Å²) in [7, 11) is -3.34. The number of hydrogen-bond acceptors (Lipinski definition) is 3. The van der Waals surface area contributed by atoms with Gasteiger partial charge >= 0.3 is 6.18 Å². The lowest BCUT2D eigenvalue weighted by molar-refractivity contribution is -0.138. The van der Waals surface area contributed by atoms with E-state index < -0.39 is 27.2 Å². The number of nitrogens with zero attached hydrogens (tertiary/aromatic N) is 1. The van der Waals surface area contributed by atoms with Gasteiger partial charge < -0.3 is 5.32 Å². The van der Waals surface area contributed by atoms with Crippen LogP contribution in [0.2, 0.25) is 0 Å². The summed E-state index contributed by atoms with van der Waals surface area (Å²) in [6, 6.07) is 4.44. The number of sulfonamides is 1. The van der Waals surface area contributed by atoms with Crippen molar-refractivity contribution in [1.29, 1.82) is 0 Å². The predicted octanol–water partition coefficient (Wildman–Crippen LogP) is 3.45. The molecule has 1 heterocycles. The molecule has 1 amide bonds. The Morgan fingerprint density at radius 3 is 2.41 bits per heavy atom. The first-order chi connectivity index (χ1) is 13.6. The van der Waals surface area contributed by atoms with Gasteiger partial charge in [0.15, 0.2) is 0 Å². The molecule has 2 atom stereocenters. The van der Waals surface area contributed by atoms with Crippen LogP contribution in [-0.4, -0.2) is 36.5 Å². The van der Waals surface area contributed by atoms with Gasteiger partial charge in [-0.05, 0) is 49.8 Å². The van der Waals surface area contributed by atoms with Crippen molar-refractivity contribution in [3.05, 3.63) is 35.4 Å². The average Bonchev–Trinajstić information content (AvgIpc) is 3.50. The van der Waals surface area contributed by atoms with Gasteiger partial charge in [-0.3, -0.25) is 4.79 Å². The fourth-order valence-corrected chi connectivity index (χ4v) is 7.05. The van der Waals surface area contributed by atoms with Gasteiger partial charge in [-0.15, -0.1) is 0 Å². The minimum absolute atomic E-state index is 0.0190. The van der Waals surface area contributed by atoms with Crippen molar-refractivity contribution in [3.63, 3.8) is 0 Å². The molecule has 4 rings (SSSR count). The van der Waals surface area contributed by atoms with Crippen LogP contribution in [0.1, 0.15) is 56.1 Å².